The first-order chi connectivity index (χ1) is 12.4. The van der Waals surface area contributed by atoms with Gasteiger partial charge in [-0.15, -0.1) is 20.4 Å². The maximum atomic E-state index is 6.05. The van der Waals surface area contributed by atoms with Crippen molar-refractivity contribution in [1.82, 2.24) is 29.9 Å². The van der Waals surface area contributed by atoms with Crippen molar-refractivity contribution < 1.29 is 4.42 Å². The van der Waals surface area contributed by atoms with Crippen LogP contribution in [0.25, 0.3) is 5.69 Å². The lowest BCUT2D eigenvalue weighted by molar-refractivity contribution is 0.305. The molecular weight excluding hydrogens is 372 g/mol. The summed E-state index contributed by atoms with van der Waals surface area (Å²) in [6.07, 6.45) is 0. The zero-order valence-electron chi connectivity index (χ0n) is 15.3. The van der Waals surface area contributed by atoms with Gasteiger partial charge in [-0.2, -0.15) is 0 Å². The third kappa shape index (κ3) is 3.92. The van der Waals surface area contributed by atoms with Crippen molar-refractivity contribution in [3.05, 3.63) is 46.9 Å². The molecule has 1 aromatic carbocycles. The quantitative estimate of drug-likeness (QED) is 0.585. The van der Waals surface area contributed by atoms with Gasteiger partial charge in [-0.05, 0) is 52.2 Å². The first-order valence-corrected chi connectivity index (χ1v) is 9.47. The fourth-order valence-corrected chi connectivity index (χ4v) is 3.41. The second kappa shape index (κ2) is 7.77. The predicted molar refractivity (Wildman–Crippen MR) is 102 cm³/mol. The lowest BCUT2D eigenvalue weighted by Crippen LogP contribution is -2.20. The third-order valence-electron chi connectivity index (χ3n) is 4.06. The van der Waals surface area contributed by atoms with E-state index in [1.807, 2.05) is 49.9 Å². The van der Waals surface area contributed by atoms with Crippen LogP contribution in [-0.4, -0.2) is 44.0 Å². The summed E-state index contributed by atoms with van der Waals surface area (Å²) in [6.45, 7) is 5.88. The Bertz CT molecular complexity index is 876. The van der Waals surface area contributed by atoms with Crippen molar-refractivity contribution in [3.63, 3.8) is 0 Å². The first kappa shape index (κ1) is 18.9. The summed E-state index contributed by atoms with van der Waals surface area (Å²) in [7, 11) is 4.03. The van der Waals surface area contributed by atoms with Gasteiger partial charge in [0.2, 0.25) is 11.8 Å². The van der Waals surface area contributed by atoms with E-state index in [4.69, 9.17) is 16.0 Å². The summed E-state index contributed by atoms with van der Waals surface area (Å²) in [5, 5.41) is 18.3. The monoisotopic (exact) mass is 392 g/mol. The summed E-state index contributed by atoms with van der Waals surface area (Å²) < 4.78 is 7.59. The maximum Gasteiger partial charge on any atom is 0.229 e. The molecule has 0 aliphatic heterocycles. The number of halogens is 1. The van der Waals surface area contributed by atoms with Crippen molar-refractivity contribution in [2.24, 2.45) is 0 Å². The molecule has 0 aliphatic carbocycles. The Morgan fingerprint density at radius 2 is 1.77 bits per heavy atom. The Labute approximate surface area is 161 Å². The van der Waals surface area contributed by atoms with Gasteiger partial charge >= 0.3 is 0 Å². The molecule has 0 amide bonds. The molecule has 3 rings (SSSR count). The standard InChI is InChI=1S/C17H21ClN6OS/c1-10(23(4)5)15-20-22-17(24(15)14-8-6-13(18)7-9-14)26-11(2)16-21-19-12(3)25-16/h6-11H,1-5H3. The van der Waals surface area contributed by atoms with Crippen molar-refractivity contribution in [3.8, 4) is 5.69 Å². The van der Waals surface area contributed by atoms with Gasteiger partial charge in [0.15, 0.2) is 11.0 Å². The van der Waals surface area contributed by atoms with Crippen LogP contribution in [0.5, 0.6) is 0 Å². The van der Waals surface area contributed by atoms with Gasteiger partial charge < -0.3 is 4.42 Å². The van der Waals surface area contributed by atoms with Gasteiger partial charge in [0.1, 0.15) is 0 Å². The van der Waals surface area contributed by atoms with E-state index in [1.54, 1.807) is 6.92 Å². The molecule has 138 valence electrons. The summed E-state index contributed by atoms with van der Waals surface area (Å²) >= 11 is 7.58. The second-order valence-corrected chi connectivity index (χ2v) is 7.96. The number of rotatable bonds is 6. The van der Waals surface area contributed by atoms with E-state index in [0.29, 0.717) is 16.8 Å². The Morgan fingerprint density at radius 3 is 2.35 bits per heavy atom. The Kier molecular flexibility index (Phi) is 5.64. The molecule has 7 nitrogen and oxygen atoms in total. The number of nitrogens with zero attached hydrogens (tertiary/aromatic N) is 6. The number of hydrogen-bond acceptors (Lipinski definition) is 7. The maximum absolute atomic E-state index is 6.05. The van der Waals surface area contributed by atoms with Crippen LogP contribution in [0, 0.1) is 6.92 Å². The topological polar surface area (TPSA) is 72.9 Å². The molecule has 0 aliphatic rings. The molecule has 2 aromatic heterocycles. The zero-order valence-corrected chi connectivity index (χ0v) is 16.9. The largest absolute Gasteiger partial charge is 0.424 e. The third-order valence-corrected chi connectivity index (χ3v) is 5.35. The van der Waals surface area contributed by atoms with Gasteiger partial charge in [0.25, 0.3) is 0 Å². The first-order valence-electron chi connectivity index (χ1n) is 8.21. The molecule has 0 spiro atoms. The van der Waals surface area contributed by atoms with Crippen LogP contribution in [0.3, 0.4) is 0 Å². The highest BCUT2D eigenvalue weighted by Gasteiger charge is 2.24. The van der Waals surface area contributed by atoms with Crippen molar-refractivity contribution >= 4 is 23.4 Å². The Hall–Kier alpha value is -1.90. The zero-order chi connectivity index (χ0) is 18.8. The van der Waals surface area contributed by atoms with E-state index in [2.05, 4.69) is 32.2 Å². The van der Waals surface area contributed by atoms with Crippen LogP contribution in [0.4, 0.5) is 0 Å². The molecule has 0 saturated carbocycles. The van der Waals surface area contributed by atoms with Gasteiger partial charge in [0, 0.05) is 17.6 Å². The second-order valence-electron chi connectivity index (χ2n) is 6.21. The normalized spacial score (nSPS) is 14.0. The number of hydrogen-bond donors (Lipinski definition) is 0. The smallest absolute Gasteiger partial charge is 0.229 e. The Morgan fingerprint density at radius 1 is 1.08 bits per heavy atom. The van der Waals surface area contributed by atoms with Crippen molar-refractivity contribution in [2.45, 2.75) is 37.2 Å². The van der Waals surface area contributed by atoms with Gasteiger partial charge in [-0.25, -0.2) is 0 Å². The molecule has 26 heavy (non-hydrogen) atoms. The van der Waals surface area contributed by atoms with Gasteiger partial charge in [-0.1, -0.05) is 23.4 Å². The van der Waals surface area contributed by atoms with Crippen LogP contribution in [0.15, 0.2) is 33.8 Å². The molecule has 0 radical (unpaired) electrons. The fourth-order valence-electron chi connectivity index (χ4n) is 2.38. The average molecular weight is 393 g/mol. The lowest BCUT2D eigenvalue weighted by atomic mass is 10.2. The molecule has 0 N–H and O–H groups in total. The van der Waals surface area contributed by atoms with Crippen LogP contribution in [-0.2, 0) is 0 Å². The molecule has 2 unspecified atom stereocenters. The van der Waals surface area contributed by atoms with E-state index >= 15 is 0 Å². The van der Waals surface area contributed by atoms with Crippen LogP contribution in [0.2, 0.25) is 5.02 Å². The van der Waals surface area contributed by atoms with Gasteiger partial charge in [0.05, 0.1) is 11.3 Å². The molecular formula is C17H21ClN6OS. The molecule has 2 heterocycles. The van der Waals surface area contributed by atoms with E-state index in [-0.39, 0.29) is 11.3 Å². The SMILES string of the molecule is Cc1nnc(C(C)Sc2nnc(C(C)N(C)C)n2-c2ccc(Cl)cc2)o1. The molecule has 2 atom stereocenters. The van der Waals surface area contributed by atoms with Crippen LogP contribution in [0.1, 0.15) is 42.7 Å². The number of benzene rings is 1. The van der Waals surface area contributed by atoms with Crippen molar-refractivity contribution in [2.75, 3.05) is 14.1 Å². The summed E-state index contributed by atoms with van der Waals surface area (Å²) in [5.41, 5.74) is 0.958. The van der Waals surface area contributed by atoms with Crippen LogP contribution >= 0.6 is 23.4 Å². The summed E-state index contributed by atoms with van der Waals surface area (Å²) in [5.74, 6) is 1.97. The van der Waals surface area contributed by atoms with E-state index < -0.39 is 0 Å². The molecule has 0 bridgehead atoms. The minimum Gasteiger partial charge on any atom is -0.424 e. The number of aromatic nitrogens is 5. The van der Waals surface area contributed by atoms with E-state index in [9.17, 15) is 0 Å². The highest BCUT2D eigenvalue weighted by molar-refractivity contribution is 7.99. The van der Waals surface area contributed by atoms with Gasteiger partial charge in [-0.3, -0.25) is 9.47 Å². The minimum atomic E-state index is -0.0473. The summed E-state index contributed by atoms with van der Waals surface area (Å²) in [6, 6.07) is 7.74. The average Bonchev–Trinajstić information content (AvgIpc) is 3.21. The molecule has 0 saturated heterocycles. The fraction of sp³-hybridized carbons (Fsp3) is 0.412. The molecule has 9 heteroatoms. The van der Waals surface area contributed by atoms with Crippen molar-refractivity contribution in [1.29, 1.82) is 0 Å². The van der Waals surface area contributed by atoms with Crippen LogP contribution < -0.4 is 0 Å². The highest BCUT2D eigenvalue weighted by Crippen LogP contribution is 2.36. The summed E-state index contributed by atoms with van der Waals surface area (Å²) in [4.78, 5) is 2.09. The van der Waals surface area contributed by atoms with E-state index in [0.717, 1.165) is 16.7 Å². The molecule has 3 aromatic rings. The number of aryl methyl sites for hydroxylation is 1. The number of thioether (sulfide) groups is 1. The molecule has 0 fully saturated rings. The highest BCUT2D eigenvalue weighted by atomic mass is 35.5. The minimum absolute atomic E-state index is 0.0473. The lowest BCUT2D eigenvalue weighted by Gasteiger charge is -2.20. The Balaban J connectivity index is 2.00. The predicted octanol–water partition coefficient (Wildman–Crippen LogP) is 4.09. The van der Waals surface area contributed by atoms with E-state index in [1.165, 1.54) is 11.8 Å².